The Morgan fingerprint density at radius 1 is 0.603 bits per heavy atom. The van der Waals surface area contributed by atoms with Gasteiger partial charge in [0.2, 0.25) is 0 Å². The number of hydrogen-bond donors (Lipinski definition) is 7. The van der Waals surface area contributed by atoms with Gasteiger partial charge in [0.25, 0.3) is 36.3 Å². The normalized spacial score (nSPS) is 12.3. The molecule has 0 aliphatic carbocycles. The van der Waals surface area contributed by atoms with Gasteiger partial charge in [-0.15, -0.1) is 15.3 Å². The number of amides is 1. The third-order valence-corrected chi connectivity index (χ3v) is 11.9. The van der Waals surface area contributed by atoms with E-state index >= 15 is 0 Å². The van der Waals surface area contributed by atoms with Crippen molar-refractivity contribution in [3.63, 3.8) is 0 Å². The molecule has 0 saturated carbocycles. The summed E-state index contributed by atoms with van der Waals surface area (Å²) in [7, 11) is -13.5. The van der Waals surface area contributed by atoms with Crippen molar-refractivity contribution in [1.29, 1.82) is 0 Å². The molecule has 0 unspecified atom stereocenters. The molecule has 0 bridgehead atoms. The van der Waals surface area contributed by atoms with Crippen LogP contribution in [0.15, 0.2) is 150 Å². The number of phenols is 2. The SMILES string of the molecule is COc1cc(N=Nc2cc(S(=O)(=O)O)cc3cc(S(=O)(=O)O)cc(O)c23)c(C)cc1N=Nc1c(S(=O)(=O)O)cc2cc(Nc3ccc(NC(=O)c4ccccc4)cc3)ccc2c1O. The number of anilines is 3. The highest BCUT2D eigenvalue weighted by molar-refractivity contribution is 7.86. The Bertz CT molecular complexity index is 3400. The first kappa shape index (κ1) is 43.7. The predicted molar refractivity (Wildman–Crippen MR) is 231 cm³/mol. The quantitative estimate of drug-likeness (QED) is 0.0444. The number of nitrogens with one attached hydrogen (secondary N) is 2. The van der Waals surface area contributed by atoms with Gasteiger partial charge >= 0.3 is 0 Å². The van der Waals surface area contributed by atoms with E-state index in [9.17, 15) is 53.9 Å². The highest BCUT2D eigenvalue weighted by atomic mass is 32.2. The Balaban J connectivity index is 1.18. The monoisotopic (exact) mass is 912 g/mol. The second-order valence-corrected chi connectivity index (χ2v) is 17.9. The topological polar surface area (TPSA) is 303 Å². The molecule has 0 radical (unpaired) electrons. The Morgan fingerprint density at radius 2 is 1.21 bits per heavy atom. The molecule has 7 N–H and O–H groups in total. The van der Waals surface area contributed by atoms with Crippen molar-refractivity contribution >= 4 is 97.6 Å². The second-order valence-electron chi connectivity index (χ2n) is 13.6. The number of fused-ring (bicyclic) bond motifs is 2. The van der Waals surface area contributed by atoms with Gasteiger partial charge in [-0.3, -0.25) is 18.5 Å². The number of azo groups is 2. The maximum absolute atomic E-state index is 12.6. The third kappa shape index (κ3) is 9.60. The summed E-state index contributed by atoms with van der Waals surface area (Å²) in [6.45, 7) is 1.55. The first-order valence-electron chi connectivity index (χ1n) is 18.0. The Labute approximate surface area is 358 Å². The number of phenolic OH excluding ortho intramolecular Hbond substituents is 2. The number of benzene rings is 7. The molecule has 0 heterocycles. The van der Waals surface area contributed by atoms with Gasteiger partial charge in [-0.25, -0.2) is 0 Å². The van der Waals surface area contributed by atoms with Crippen molar-refractivity contribution < 1.29 is 58.7 Å². The molecule has 0 aliphatic heterocycles. The van der Waals surface area contributed by atoms with Crippen LogP contribution < -0.4 is 15.4 Å². The lowest BCUT2D eigenvalue weighted by Gasteiger charge is -2.12. The molecular formula is C41H32N6O13S3. The van der Waals surface area contributed by atoms with Crippen molar-refractivity contribution in [1.82, 2.24) is 0 Å². The lowest BCUT2D eigenvalue weighted by molar-refractivity contribution is 0.102. The Hall–Kier alpha value is -7.34. The summed E-state index contributed by atoms with van der Waals surface area (Å²) in [5.74, 6) is -1.62. The smallest absolute Gasteiger partial charge is 0.296 e. The van der Waals surface area contributed by atoms with Crippen molar-refractivity contribution in [2.24, 2.45) is 20.5 Å². The van der Waals surface area contributed by atoms with Crippen LogP contribution in [0.5, 0.6) is 17.2 Å². The molecule has 0 aromatic heterocycles. The van der Waals surface area contributed by atoms with Crippen LogP contribution in [0.1, 0.15) is 15.9 Å². The fourth-order valence-corrected chi connectivity index (χ4v) is 8.07. The van der Waals surface area contributed by atoms with Gasteiger partial charge in [0.15, 0.2) is 5.75 Å². The van der Waals surface area contributed by atoms with Crippen molar-refractivity contribution in [3.05, 3.63) is 126 Å². The van der Waals surface area contributed by atoms with Crippen LogP contribution in [0.2, 0.25) is 0 Å². The molecule has 7 rings (SSSR count). The van der Waals surface area contributed by atoms with Gasteiger partial charge in [0.1, 0.15) is 27.8 Å². The van der Waals surface area contributed by atoms with Crippen LogP contribution in [-0.4, -0.2) is 62.1 Å². The van der Waals surface area contributed by atoms with Crippen molar-refractivity contribution in [3.8, 4) is 17.2 Å². The van der Waals surface area contributed by atoms with E-state index in [0.29, 0.717) is 34.3 Å². The number of hydrogen-bond acceptors (Lipinski definition) is 15. The summed E-state index contributed by atoms with van der Waals surface area (Å²) < 4.78 is 108. The van der Waals surface area contributed by atoms with Crippen LogP contribution in [0.3, 0.4) is 0 Å². The molecule has 0 atom stereocenters. The Morgan fingerprint density at radius 3 is 1.84 bits per heavy atom. The number of aromatic hydroxyl groups is 2. The molecule has 7 aromatic carbocycles. The van der Waals surface area contributed by atoms with Gasteiger partial charge < -0.3 is 25.6 Å². The van der Waals surface area contributed by atoms with E-state index in [0.717, 1.165) is 24.3 Å². The molecule has 1 amide bonds. The van der Waals surface area contributed by atoms with Crippen LogP contribution in [0, 0.1) is 6.92 Å². The molecule has 22 heteroatoms. The average molecular weight is 913 g/mol. The minimum absolute atomic E-state index is 0.00543. The van der Waals surface area contributed by atoms with E-state index in [1.54, 1.807) is 67.6 Å². The molecule has 322 valence electrons. The zero-order valence-corrected chi connectivity index (χ0v) is 34.9. The molecular weight excluding hydrogens is 881 g/mol. The number of ether oxygens (including phenoxy) is 1. The summed E-state index contributed by atoms with van der Waals surface area (Å²) >= 11 is 0. The highest BCUT2D eigenvalue weighted by Crippen LogP contribution is 2.44. The number of rotatable bonds is 12. The van der Waals surface area contributed by atoms with E-state index < -0.39 is 62.2 Å². The van der Waals surface area contributed by atoms with Gasteiger partial charge in [-0.2, -0.15) is 30.4 Å². The summed E-state index contributed by atoms with van der Waals surface area (Å²) in [4.78, 5) is 10.3. The summed E-state index contributed by atoms with van der Waals surface area (Å²) in [5, 5.41) is 44.2. The molecule has 0 fully saturated rings. The maximum Gasteiger partial charge on any atom is 0.296 e. The first-order chi connectivity index (χ1) is 29.7. The van der Waals surface area contributed by atoms with Crippen LogP contribution >= 0.6 is 0 Å². The van der Waals surface area contributed by atoms with Crippen molar-refractivity contribution in [2.45, 2.75) is 21.6 Å². The number of aryl methyl sites for hydroxylation is 1. The van der Waals surface area contributed by atoms with Crippen LogP contribution in [0.4, 0.5) is 39.8 Å². The minimum atomic E-state index is -5.00. The zero-order chi connectivity index (χ0) is 45.4. The summed E-state index contributed by atoms with van der Waals surface area (Å²) in [5.41, 5.74) is 1.65. The lowest BCUT2D eigenvalue weighted by Crippen LogP contribution is -2.11. The number of methoxy groups -OCH3 is 1. The standard InChI is InChI=1S/C41H32N6O13S3/c1-22-14-33(36(60-2)21-32(22)44-46-34-19-29(61(51,52)53)16-25-17-30(62(54,55)56)20-35(48)38(25)34)45-47-39-37(63(57,58)59)18-24-15-28(12-13-31(24)40(39)49)42-26-8-10-27(11-9-26)43-41(50)23-6-4-3-5-7-23/h3-21,42,48-49H,1-2H3,(H,43,50)(H,51,52,53)(H,54,55,56)(H,57,58,59). The first-order valence-corrected chi connectivity index (χ1v) is 22.3. The van der Waals surface area contributed by atoms with E-state index in [1.807, 2.05) is 0 Å². The minimum Gasteiger partial charge on any atom is -0.507 e. The molecule has 19 nitrogen and oxygen atoms in total. The fourth-order valence-electron chi connectivity index (χ4n) is 6.34. The van der Waals surface area contributed by atoms with Gasteiger partial charge in [0, 0.05) is 40.1 Å². The molecule has 0 saturated heterocycles. The summed E-state index contributed by atoms with van der Waals surface area (Å²) in [6, 6.07) is 27.3. The average Bonchev–Trinajstić information content (AvgIpc) is 3.22. The van der Waals surface area contributed by atoms with Gasteiger partial charge in [-0.1, -0.05) is 18.2 Å². The van der Waals surface area contributed by atoms with Gasteiger partial charge in [-0.05, 0) is 108 Å². The lowest BCUT2D eigenvalue weighted by atomic mass is 10.1. The largest absolute Gasteiger partial charge is 0.507 e. The third-order valence-electron chi connectivity index (χ3n) is 9.37. The second kappa shape index (κ2) is 16.8. The molecule has 63 heavy (non-hydrogen) atoms. The predicted octanol–water partition coefficient (Wildman–Crippen LogP) is 9.29. The van der Waals surface area contributed by atoms with Crippen LogP contribution in [-0.2, 0) is 30.4 Å². The fraction of sp³-hybridized carbons (Fsp3) is 0.0488. The van der Waals surface area contributed by atoms with Crippen molar-refractivity contribution in [2.75, 3.05) is 17.7 Å². The molecule has 0 aliphatic rings. The van der Waals surface area contributed by atoms with E-state index in [2.05, 4.69) is 31.1 Å². The van der Waals surface area contributed by atoms with E-state index in [1.165, 1.54) is 31.4 Å². The number of carbonyl (C=O) groups is 1. The van der Waals surface area contributed by atoms with E-state index in [-0.39, 0.29) is 50.3 Å². The summed E-state index contributed by atoms with van der Waals surface area (Å²) in [6.07, 6.45) is 0. The number of nitrogens with zero attached hydrogens (tertiary/aromatic N) is 4. The maximum atomic E-state index is 12.6. The number of carbonyl (C=O) groups excluding carboxylic acids is 1. The molecule has 0 spiro atoms. The Kier molecular flexibility index (Phi) is 11.7. The van der Waals surface area contributed by atoms with Gasteiger partial charge in [0.05, 0.1) is 33.7 Å². The highest BCUT2D eigenvalue weighted by Gasteiger charge is 2.24. The van der Waals surface area contributed by atoms with Crippen LogP contribution in [0.25, 0.3) is 21.5 Å². The van der Waals surface area contributed by atoms with E-state index in [4.69, 9.17) is 4.74 Å². The zero-order valence-electron chi connectivity index (χ0n) is 32.5. The molecule has 7 aromatic rings.